The van der Waals surface area contributed by atoms with Gasteiger partial charge < -0.3 is 10.1 Å². The van der Waals surface area contributed by atoms with Crippen LogP contribution in [0.25, 0.3) is 0 Å². The Morgan fingerprint density at radius 3 is 2.19 bits per heavy atom. The number of aryl methyl sites for hydroxylation is 1. The van der Waals surface area contributed by atoms with Crippen molar-refractivity contribution in [3.05, 3.63) is 90.0 Å². The van der Waals surface area contributed by atoms with Gasteiger partial charge in [-0.1, -0.05) is 49.4 Å². The number of rotatable bonds is 10. The molecule has 7 heteroatoms. The molecule has 3 rings (SSSR count). The third kappa shape index (κ3) is 6.94. The monoisotopic (exact) mass is 438 g/mol. The average Bonchev–Trinajstić information content (AvgIpc) is 2.79. The van der Waals surface area contributed by atoms with Gasteiger partial charge in [0.2, 0.25) is 10.0 Å². The summed E-state index contributed by atoms with van der Waals surface area (Å²) in [7, 11) is -3.61. The summed E-state index contributed by atoms with van der Waals surface area (Å²) in [5.74, 6) is 0.128. The average molecular weight is 439 g/mol. The van der Waals surface area contributed by atoms with Crippen LogP contribution in [-0.4, -0.2) is 27.5 Å². The van der Waals surface area contributed by atoms with Crippen LogP contribution in [0.5, 0.6) is 5.75 Å². The van der Waals surface area contributed by atoms with E-state index in [0.717, 1.165) is 12.0 Å². The molecule has 0 radical (unpaired) electrons. The first-order valence-electron chi connectivity index (χ1n) is 10.1. The van der Waals surface area contributed by atoms with Gasteiger partial charge in [-0.25, -0.2) is 13.1 Å². The molecule has 0 fully saturated rings. The summed E-state index contributed by atoms with van der Waals surface area (Å²) in [4.78, 5) is 12.2. The van der Waals surface area contributed by atoms with E-state index >= 15 is 0 Å². The van der Waals surface area contributed by atoms with Crippen LogP contribution in [0.2, 0.25) is 0 Å². The molecule has 0 unspecified atom stereocenters. The fraction of sp³-hybridized carbons (Fsp3) is 0.208. The molecule has 0 heterocycles. The van der Waals surface area contributed by atoms with Gasteiger partial charge in [-0.2, -0.15) is 0 Å². The Balaban J connectivity index is 1.47. The summed E-state index contributed by atoms with van der Waals surface area (Å²) >= 11 is 0. The Bertz CT molecular complexity index is 1080. The molecule has 0 aliphatic heterocycles. The Morgan fingerprint density at radius 2 is 1.55 bits per heavy atom. The van der Waals surface area contributed by atoms with Crippen molar-refractivity contribution in [2.24, 2.45) is 0 Å². The Morgan fingerprint density at radius 1 is 0.871 bits per heavy atom. The number of ether oxygens (including phenoxy) is 1. The van der Waals surface area contributed by atoms with Crippen LogP contribution in [0.4, 0.5) is 5.69 Å². The number of carbonyl (C=O) groups excluding carboxylic acids is 1. The van der Waals surface area contributed by atoms with E-state index in [2.05, 4.69) is 17.0 Å². The first-order valence-corrected chi connectivity index (χ1v) is 11.6. The van der Waals surface area contributed by atoms with Crippen molar-refractivity contribution < 1.29 is 17.9 Å². The molecule has 0 saturated carbocycles. The van der Waals surface area contributed by atoms with E-state index in [4.69, 9.17) is 4.74 Å². The quantitative estimate of drug-likeness (QED) is 0.504. The van der Waals surface area contributed by atoms with Crippen LogP contribution in [0.15, 0.2) is 83.8 Å². The van der Waals surface area contributed by atoms with Gasteiger partial charge in [-0.15, -0.1) is 0 Å². The molecule has 0 saturated heterocycles. The van der Waals surface area contributed by atoms with Crippen molar-refractivity contribution in [1.82, 2.24) is 4.72 Å². The lowest BCUT2D eigenvalue weighted by Gasteiger charge is -2.10. The van der Waals surface area contributed by atoms with Crippen LogP contribution in [0.1, 0.15) is 18.1 Å². The number of hydrogen-bond donors (Lipinski definition) is 2. The van der Waals surface area contributed by atoms with E-state index < -0.39 is 10.0 Å². The number of carbonyl (C=O) groups is 1. The fourth-order valence-corrected chi connectivity index (χ4v) is 3.97. The standard InChI is InChI=1S/C24H26N2O4S/c1-2-19-8-10-21(11-9-19)26-24(27)18-30-22-12-14-23(15-13-22)31(28,29)25-17-16-20-6-4-3-5-7-20/h3-15,25H,2,16-18H2,1H3,(H,26,27). The van der Waals surface area contributed by atoms with Crippen molar-refractivity contribution >= 4 is 21.6 Å². The maximum absolute atomic E-state index is 12.4. The van der Waals surface area contributed by atoms with Gasteiger partial charge in [-0.3, -0.25) is 4.79 Å². The summed E-state index contributed by atoms with van der Waals surface area (Å²) in [5, 5.41) is 2.77. The molecule has 31 heavy (non-hydrogen) atoms. The lowest BCUT2D eigenvalue weighted by Crippen LogP contribution is -2.26. The summed E-state index contributed by atoms with van der Waals surface area (Å²) in [5.41, 5.74) is 2.96. The summed E-state index contributed by atoms with van der Waals surface area (Å²) < 4.78 is 32.9. The summed E-state index contributed by atoms with van der Waals surface area (Å²) in [6, 6.07) is 23.3. The first-order chi connectivity index (χ1) is 15.0. The Labute approximate surface area is 183 Å². The van der Waals surface area contributed by atoms with Crippen LogP contribution in [0, 0.1) is 0 Å². The van der Waals surface area contributed by atoms with Gasteiger partial charge in [0.05, 0.1) is 4.90 Å². The molecule has 0 aliphatic carbocycles. The zero-order valence-electron chi connectivity index (χ0n) is 17.4. The third-order valence-corrected chi connectivity index (χ3v) is 6.18. The topological polar surface area (TPSA) is 84.5 Å². The highest BCUT2D eigenvalue weighted by Gasteiger charge is 2.13. The number of sulfonamides is 1. The van der Waals surface area contributed by atoms with Crippen LogP contribution < -0.4 is 14.8 Å². The predicted octanol–water partition coefficient (Wildman–Crippen LogP) is 3.79. The predicted molar refractivity (Wildman–Crippen MR) is 122 cm³/mol. The number of nitrogens with one attached hydrogen (secondary N) is 2. The molecule has 0 spiro atoms. The molecule has 2 N–H and O–H groups in total. The van der Waals surface area contributed by atoms with Crippen molar-refractivity contribution in [2.45, 2.75) is 24.7 Å². The molecule has 0 bridgehead atoms. The number of benzene rings is 3. The van der Waals surface area contributed by atoms with Gasteiger partial charge in [0.25, 0.3) is 5.91 Å². The smallest absolute Gasteiger partial charge is 0.262 e. The van der Waals surface area contributed by atoms with E-state index in [9.17, 15) is 13.2 Å². The highest BCUT2D eigenvalue weighted by molar-refractivity contribution is 7.89. The first kappa shape index (κ1) is 22.5. The lowest BCUT2D eigenvalue weighted by molar-refractivity contribution is -0.118. The zero-order valence-corrected chi connectivity index (χ0v) is 18.2. The molecule has 162 valence electrons. The normalized spacial score (nSPS) is 11.1. The maximum Gasteiger partial charge on any atom is 0.262 e. The minimum absolute atomic E-state index is 0.147. The molecule has 0 atom stereocenters. The molecule has 0 aliphatic rings. The van der Waals surface area contributed by atoms with Gasteiger partial charge in [-0.05, 0) is 60.4 Å². The van der Waals surface area contributed by atoms with E-state index in [1.54, 1.807) is 0 Å². The molecule has 1 amide bonds. The molecular formula is C24H26N2O4S. The summed E-state index contributed by atoms with van der Waals surface area (Å²) in [6.45, 7) is 2.21. The van der Waals surface area contributed by atoms with Gasteiger partial charge in [0, 0.05) is 12.2 Å². The van der Waals surface area contributed by atoms with Crippen molar-refractivity contribution in [1.29, 1.82) is 0 Å². The second-order valence-electron chi connectivity index (χ2n) is 6.99. The maximum atomic E-state index is 12.4. The van der Waals surface area contributed by atoms with E-state index in [-0.39, 0.29) is 17.4 Å². The second-order valence-corrected chi connectivity index (χ2v) is 8.76. The summed E-state index contributed by atoms with van der Waals surface area (Å²) in [6.07, 6.45) is 1.54. The minimum atomic E-state index is -3.61. The minimum Gasteiger partial charge on any atom is -0.484 e. The largest absolute Gasteiger partial charge is 0.484 e. The van der Waals surface area contributed by atoms with E-state index in [1.807, 2.05) is 54.6 Å². The molecular weight excluding hydrogens is 412 g/mol. The fourth-order valence-electron chi connectivity index (χ4n) is 2.94. The van der Waals surface area contributed by atoms with Gasteiger partial charge in [0.15, 0.2) is 6.61 Å². The van der Waals surface area contributed by atoms with Crippen LogP contribution >= 0.6 is 0 Å². The van der Waals surface area contributed by atoms with E-state index in [0.29, 0.717) is 24.4 Å². The zero-order chi connectivity index (χ0) is 22.1. The van der Waals surface area contributed by atoms with Crippen molar-refractivity contribution in [2.75, 3.05) is 18.5 Å². The van der Waals surface area contributed by atoms with Gasteiger partial charge >= 0.3 is 0 Å². The molecule has 3 aromatic rings. The van der Waals surface area contributed by atoms with Gasteiger partial charge in [0.1, 0.15) is 5.75 Å². The number of anilines is 1. The molecule has 3 aromatic carbocycles. The lowest BCUT2D eigenvalue weighted by atomic mass is 10.1. The SMILES string of the molecule is CCc1ccc(NC(=O)COc2ccc(S(=O)(=O)NCCc3ccccc3)cc2)cc1. The van der Waals surface area contributed by atoms with Crippen molar-refractivity contribution in [3.8, 4) is 5.75 Å². The molecule has 0 aromatic heterocycles. The molecule has 6 nitrogen and oxygen atoms in total. The highest BCUT2D eigenvalue weighted by Crippen LogP contribution is 2.16. The Hall–Kier alpha value is -3.16. The number of hydrogen-bond acceptors (Lipinski definition) is 4. The van der Waals surface area contributed by atoms with Crippen molar-refractivity contribution in [3.63, 3.8) is 0 Å². The highest BCUT2D eigenvalue weighted by atomic mass is 32.2. The van der Waals surface area contributed by atoms with E-state index in [1.165, 1.54) is 29.8 Å². The third-order valence-electron chi connectivity index (χ3n) is 4.70. The Kier molecular flexibility index (Phi) is 7.81. The second kappa shape index (κ2) is 10.7. The van der Waals surface area contributed by atoms with Crippen LogP contribution in [0.3, 0.4) is 0 Å². The van der Waals surface area contributed by atoms with Crippen LogP contribution in [-0.2, 0) is 27.7 Å². The number of amides is 1.